The number of nitrogens with one attached hydrogen (secondary N) is 2. The van der Waals surface area contributed by atoms with Crippen LogP contribution in [0.25, 0.3) is 11.0 Å². The fourth-order valence-corrected chi connectivity index (χ4v) is 5.07. The standard InChI is InChI=1S/C19H26N6O/c20-17(26)14-2-1-3-15-16(14)23-18(22-15)19-10-13(11-19)12-25(19)9-8-24-6-4-21-5-7-24/h1-3,13,21H,4-12H2,(H2,20,26)(H,22,23). The van der Waals surface area contributed by atoms with E-state index in [0.29, 0.717) is 11.1 Å². The molecule has 7 nitrogen and oxygen atoms in total. The first kappa shape index (κ1) is 16.2. The third kappa shape index (κ3) is 2.46. The molecular formula is C19H26N6O. The van der Waals surface area contributed by atoms with Crippen LogP contribution in [0.15, 0.2) is 18.2 Å². The minimum absolute atomic E-state index is 0.0205. The number of aromatic amines is 1. The van der Waals surface area contributed by atoms with Gasteiger partial charge in [0.25, 0.3) is 5.91 Å². The number of benzene rings is 1. The highest BCUT2D eigenvalue weighted by Gasteiger charge is 2.58. The Morgan fingerprint density at radius 3 is 2.85 bits per heavy atom. The molecule has 3 aliphatic heterocycles. The van der Waals surface area contributed by atoms with Crippen LogP contribution in [-0.4, -0.2) is 71.5 Å². The van der Waals surface area contributed by atoms with E-state index in [9.17, 15) is 4.79 Å². The molecule has 1 saturated carbocycles. The van der Waals surface area contributed by atoms with E-state index in [1.807, 2.05) is 12.1 Å². The summed E-state index contributed by atoms with van der Waals surface area (Å²) in [5, 5.41) is 3.41. The number of aromatic nitrogens is 2. The molecule has 0 spiro atoms. The zero-order valence-corrected chi connectivity index (χ0v) is 15.0. The molecule has 3 saturated heterocycles. The molecule has 4 fully saturated rings. The Hall–Kier alpha value is -1.96. The van der Waals surface area contributed by atoms with Gasteiger partial charge in [-0.3, -0.25) is 14.6 Å². The number of primary amides is 1. The largest absolute Gasteiger partial charge is 0.366 e. The number of carbonyl (C=O) groups is 1. The molecule has 4 heterocycles. The second-order valence-corrected chi connectivity index (χ2v) is 7.99. The van der Waals surface area contributed by atoms with Crippen molar-refractivity contribution in [3.05, 3.63) is 29.6 Å². The zero-order valence-electron chi connectivity index (χ0n) is 15.0. The van der Waals surface area contributed by atoms with E-state index in [2.05, 4.69) is 20.1 Å². The van der Waals surface area contributed by atoms with Gasteiger partial charge in [-0.15, -0.1) is 0 Å². The van der Waals surface area contributed by atoms with Gasteiger partial charge in [0, 0.05) is 45.8 Å². The fourth-order valence-electron chi connectivity index (χ4n) is 5.07. The van der Waals surface area contributed by atoms with Crippen LogP contribution in [0.5, 0.6) is 0 Å². The predicted molar refractivity (Wildman–Crippen MR) is 99.9 cm³/mol. The van der Waals surface area contributed by atoms with Gasteiger partial charge in [-0.2, -0.15) is 0 Å². The van der Waals surface area contributed by atoms with Crippen LogP contribution in [0, 0.1) is 5.92 Å². The minimum Gasteiger partial charge on any atom is -0.366 e. The number of H-pyrrole nitrogens is 1. The van der Waals surface area contributed by atoms with E-state index >= 15 is 0 Å². The number of imidazole rings is 1. The quantitative estimate of drug-likeness (QED) is 0.727. The fraction of sp³-hybridized carbons (Fsp3) is 0.579. The Bertz CT molecular complexity index is 834. The van der Waals surface area contributed by atoms with E-state index in [1.165, 1.54) is 12.8 Å². The number of piperazine rings is 1. The number of amides is 1. The highest BCUT2D eigenvalue weighted by molar-refractivity contribution is 6.04. The maximum atomic E-state index is 11.7. The Morgan fingerprint density at radius 2 is 2.08 bits per heavy atom. The molecule has 4 N–H and O–H groups in total. The predicted octanol–water partition coefficient (Wildman–Crippen LogP) is 0.488. The first-order valence-electron chi connectivity index (χ1n) is 9.63. The Balaban J connectivity index is 1.40. The molecule has 0 radical (unpaired) electrons. The molecule has 0 unspecified atom stereocenters. The summed E-state index contributed by atoms with van der Waals surface area (Å²) in [5.41, 5.74) is 7.67. The first-order chi connectivity index (χ1) is 12.7. The molecule has 26 heavy (non-hydrogen) atoms. The van der Waals surface area contributed by atoms with Crippen molar-refractivity contribution in [3.8, 4) is 0 Å². The average molecular weight is 354 g/mol. The topological polar surface area (TPSA) is 90.3 Å². The van der Waals surface area contributed by atoms with E-state index in [0.717, 1.165) is 63.1 Å². The molecule has 1 amide bonds. The molecule has 7 heteroatoms. The lowest BCUT2D eigenvalue weighted by Gasteiger charge is -2.41. The third-order valence-electron chi connectivity index (χ3n) is 6.45. The van der Waals surface area contributed by atoms with E-state index in [1.54, 1.807) is 6.07 Å². The lowest BCUT2D eigenvalue weighted by molar-refractivity contribution is 0.0836. The number of rotatable bonds is 5. The summed E-state index contributed by atoms with van der Waals surface area (Å²) in [5.74, 6) is 1.37. The summed E-state index contributed by atoms with van der Waals surface area (Å²) in [6.45, 7) is 7.80. The maximum absolute atomic E-state index is 11.7. The van der Waals surface area contributed by atoms with Crippen molar-refractivity contribution in [2.75, 3.05) is 45.8 Å². The van der Waals surface area contributed by atoms with Crippen molar-refractivity contribution in [3.63, 3.8) is 0 Å². The van der Waals surface area contributed by atoms with Gasteiger partial charge in [-0.1, -0.05) is 6.07 Å². The SMILES string of the molecule is NC(=O)c1cccc2[nH]c(C34CC(CN3CCN3CCNCC3)C4)nc12. The number of nitrogens with two attached hydrogens (primary N) is 1. The van der Waals surface area contributed by atoms with Crippen molar-refractivity contribution >= 4 is 16.9 Å². The molecule has 6 rings (SSSR count). The van der Waals surface area contributed by atoms with Crippen LogP contribution in [-0.2, 0) is 5.54 Å². The van der Waals surface area contributed by atoms with Crippen molar-refractivity contribution < 1.29 is 4.79 Å². The highest BCUT2D eigenvalue weighted by atomic mass is 16.1. The zero-order chi connectivity index (χ0) is 17.7. The number of hydrogen-bond acceptors (Lipinski definition) is 5. The normalized spacial score (nSPS) is 29.2. The average Bonchev–Trinajstić information content (AvgIpc) is 3.30. The third-order valence-corrected chi connectivity index (χ3v) is 6.45. The van der Waals surface area contributed by atoms with Crippen molar-refractivity contribution in [2.24, 2.45) is 11.7 Å². The summed E-state index contributed by atoms with van der Waals surface area (Å²) >= 11 is 0. The Morgan fingerprint density at radius 1 is 1.27 bits per heavy atom. The number of nitrogens with zero attached hydrogens (tertiary/aromatic N) is 3. The molecule has 2 bridgehead atoms. The summed E-state index contributed by atoms with van der Waals surface area (Å²) in [6, 6.07) is 5.60. The number of para-hydroxylation sites is 1. The van der Waals surface area contributed by atoms with E-state index in [-0.39, 0.29) is 5.54 Å². The van der Waals surface area contributed by atoms with Crippen molar-refractivity contribution in [2.45, 2.75) is 18.4 Å². The molecule has 2 aromatic rings. The van der Waals surface area contributed by atoms with Crippen LogP contribution in [0.1, 0.15) is 29.0 Å². The van der Waals surface area contributed by atoms with Gasteiger partial charge in [-0.05, 0) is 30.9 Å². The van der Waals surface area contributed by atoms with Gasteiger partial charge >= 0.3 is 0 Å². The van der Waals surface area contributed by atoms with Gasteiger partial charge in [0.15, 0.2) is 0 Å². The molecule has 138 valence electrons. The van der Waals surface area contributed by atoms with Gasteiger partial charge < -0.3 is 16.0 Å². The summed E-state index contributed by atoms with van der Waals surface area (Å²) in [6.07, 6.45) is 2.33. The summed E-state index contributed by atoms with van der Waals surface area (Å²) in [7, 11) is 0. The molecular weight excluding hydrogens is 328 g/mol. The lowest BCUT2D eigenvalue weighted by atomic mass is 9.72. The first-order valence-corrected chi connectivity index (χ1v) is 9.63. The van der Waals surface area contributed by atoms with Crippen molar-refractivity contribution in [1.29, 1.82) is 0 Å². The highest BCUT2D eigenvalue weighted by Crippen LogP contribution is 2.56. The second-order valence-electron chi connectivity index (χ2n) is 7.99. The van der Waals surface area contributed by atoms with Gasteiger partial charge in [0.1, 0.15) is 11.3 Å². The Labute approximate surface area is 152 Å². The van der Waals surface area contributed by atoms with Crippen LogP contribution in [0.2, 0.25) is 0 Å². The molecule has 0 atom stereocenters. The maximum Gasteiger partial charge on any atom is 0.250 e. The monoisotopic (exact) mass is 354 g/mol. The Kier molecular flexibility index (Phi) is 3.77. The molecule has 1 aromatic heterocycles. The van der Waals surface area contributed by atoms with Gasteiger partial charge in [-0.25, -0.2) is 4.98 Å². The number of hydrogen-bond donors (Lipinski definition) is 3. The van der Waals surface area contributed by atoms with Crippen LogP contribution < -0.4 is 11.1 Å². The number of fused-ring (bicyclic) bond motifs is 2. The lowest BCUT2D eigenvalue weighted by Crippen LogP contribution is -2.49. The summed E-state index contributed by atoms with van der Waals surface area (Å²) < 4.78 is 0. The van der Waals surface area contributed by atoms with E-state index < -0.39 is 5.91 Å². The van der Waals surface area contributed by atoms with E-state index in [4.69, 9.17) is 10.7 Å². The van der Waals surface area contributed by atoms with Crippen LogP contribution >= 0.6 is 0 Å². The number of carbonyl (C=O) groups excluding carboxylic acids is 1. The molecule has 1 aliphatic carbocycles. The van der Waals surface area contributed by atoms with Crippen molar-refractivity contribution in [1.82, 2.24) is 25.1 Å². The van der Waals surface area contributed by atoms with Gasteiger partial charge in [0.2, 0.25) is 0 Å². The molecule has 4 aliphatic rings. The summed E-state index contributed by atoms with van der Waals surface area (Å²) in [4.78, 5) is 25.2. The molecule has 1 aromatic carbocycles. The van der Waals surface area contributed by atoms with Crippen LogP contribution in [0.3, 0.4) is 0 Å². The minimum atomic E-state index is -0.417. The smallest absolute Gasteiger partial charge is 0.250 e. The second kappa shape index (κ2) is 6.04. The van der Waals surface area contributed by atoms with Gasteiger partial charge in [0.05, 0.1) is 16.6 Å². The van der Waals surface area contributed by atoms with Crippen LogP contribution in [0.4, 0.5) is 0 Å².